The first-order valence-corrected chi connectivity index (χ1v) is 0.986. The SMILES string of the molecule is C=CC.O.[Pt].[SiH4]. The van der Waals surface area contributed by atoms with E-state index in [1.165, 1.54) is 0 Å². The second-order valence-electron chi connectivity index (χ2n) is 0.408. The van der Waals surface area contributed by atoms with Gasteiger partial charge in [-0.25, -0.2) is 0 Å². The van der Waals surface area contributed by atoms with Crippen LogP contribution in [0.1, 0.15) is 6.92 Å². The van der Waals surface area contributed by atoms with Gasteiger partial charge in [-0.2, -0.15) is 0 Å². The molecule has 0 aliphatic heterocycles. The summed E-state index contributed by atoms with van der Waals surface area (Å²) in [7, 11) is 0. The molecule has 0 saturated heterocycles. The van der Waals surface area contributed by atoms with Crippen molar-refractivity contribution < 1.29 is 26.5 Å². The van der Waals surface area contributed by atoms with E-state index in [9.17, 15) is 0 Å². The molecule has 0 rings (SSSR count). The van der Waals surface area contributed by atoms with Gasteiger partial charge in [-0.3, -0.25) is 0 Å². The second kappa shape index (κ2) is 46.1. The van der Waals surface area contributed by atoms with Crippen LogP contribution in [0.15, 0.2) is 12.7 Å². The Morgan fingerprint density at radius 2 is 1.50 bits per heavy atom. The monoisotopic (exact) mass is 287 g/mol. The van der Waals surface area contributed by atoms with E-state index in [4.69, 9.17) is 0 Å². The molecule has 2 N–H and O–H groups in total. The van der Waals surface area contributed by atoms with E-state index in [0.717, 1.165) is 0 Å². The smallest absolute Gasteiger partial charge is 0 e. The maximum Gasteiger partial charge on any atom is 0 e. The zero-order valence-electron chi connectivity index (χ0n) is 3.10. The largest absolute Gasteiger partial charge is 0.412 e. The van der Waals surface area contributed by atoms with Crippen LogP contribution in [0.3, 0.4) is 0 Å². The maximum absolute atomic E-state index is 3.36. The van der Waals surface area contributed by atoms with E-state index in [2.05, 4.69) is 6.58 Å². The van der Waals surface area contributed by atoms with Crippen LogP contribution in [0.4, 0.5) is 0 Å². The summed E-state index contributed by atoms with van der Waals surface area (Å²) >= 11 is 0. The standard InChI is InChI=1S/C3H6.H2O.Pt.H4Si/c1-3-2;;;/h3H,1H2,2H3;1H2;;1H4. The number of allylic oxidation sites excluding steroid dienone is 1. The van der Waals surface area contributed by atoms with Gasteiger partial charge in [0.05, 0.1) is 0 Å². The van der Waals surface area contributed by atoms with Gasteiger partial charge in [0, 0.05) is 21.1 Å². The summed E-state index contributed by atoms with van der Waals surface area (Å²) in [4.78, 5) is 0. The second-order valence-corrected chi connectivity index (χ2v) is 0.408. The van der Waals surface area contributed by atoms with Gasteiger partial charge in [0.25, 0.3) is 0 Å². The third-order valence-electron chi connectivity index (χ3n) is 0. The van der Waals surface area contributed by atoms with E-state index < -0.39 is 0 Å². The van der Waals surface area contributed by atoms with Gasteiger partial charge in [0.15, 0.2) is 0 Å². The maximum atomic E-state index is 3.36. The van der Waals surface area contributed by atoms with Gasteiger partial charge >= 0.3 is 0 Å². The van der Waals surface area contributed by atoms with Crippen molar-refractivity contribution in [1.82, 2.24) is 0 Å². The number of hydrogen-bond donors (Lipinski definition) is 0. The molecule has 3 heteroatoms. The predicted molar refractivity (Wildman–Crippen MR) is 30.8 cm³/mol. The van der Waals surface area contributed by atoms with Gasteiger partial charge in [-0.05, 0) is 17.9 Å². The molecule has 1 nitrogen and oxygen atoms in total. The van der Waals surface area contributed by atoms with Gasteiger partial charge < -0.3 is 5.48 Å². The number of hydrogen-bond acceptors (Lipinski definition) is 0. The van der Waals surface area contributed by atoms with Crippen LogP contribution in [0.2, 0.25) is 0 Å². The fraction of sp³-hybridized carbons (Fsp3) is 0.333. The molecule has 0 radical (unpaired) electrons. The average Bonchev–Trinajstić information content (AvgIpc) is 0.918. The van der Waals surface area contributed by atoms with Crippen LogP contribution < -0.4 is 0 Å². The minimum atomic E-state index is 0. The van der Waals surface area contributed by atoms with E-state index in [1.54, 1.807) is 6.08 Å². The summed E-state index contributed by atoms with van der Waals surface area (Å²) in [5, 5.41) is 0. The van der Waals surface area contributed by atoms with E-state index >= 15 is 0 Å². The Labute approximate surface area is 57.4 Å². The van der Waals surface area contributed by atoms with E-state index in [1.807, 2.05) is 6.92 Å². The van der Waals surface area contributed by atoms with E-state index in [0.29, 0.717) is 0 Å². The van der Waals surface area contributed by atoms with Gasteiger partial charge in [-0.15, -0.1) is 6.58 Å². The molecule has 6 heavy (non-hydrogen) atoms. The predicted octanol–water partition coefficient (Wildman–Crippen LogP) is -1.09. The van der Waals surface area contributed by atoms with Crippen molar-refractivity contribution in [1.29, 1.82) is 0 Å². The molecular formula is C3H12OPtSi. The molecule has 0 aromatic carbocycles. The third-order valence-corrected chi connectivity index (χ3v) is 0. The van der Waals surface area contributed by atoms with Crippen LogP contribution in [0.5, 0.6) is 0 Å². The van der Waals surface area contributed by atoms with Crippen molar-refractivity contribution in [2.24, 2.45) is 0 Å². The fourth-order valence-electron chi connectivity index (χ4n) is 0. The van der Waals surface area contributed by atoms with Crippen molar-refractivity contribution in [3.8, 4) is 0 Å². The zero-order valence-corrected chi connectivity index (χ0v) is 5.37. The quantitative estimate of drug-likeness (QED) is 0.401. The summed E-state index contributed by atoms with van der Waals surface area (Å²) in [6.07, 6.45) is 1.75. The van der Waals surface area contributed by atoms with Crippen molar-refractivity contribution in [3.05, 3.63) is 12.7 Å². The molecule has 0 aromatic heterocycles. The summed E-state index contributed by atoms with van der Waals surface area (Å²) in [6, 6.07) is 0. The molecule has 0 fully saturated rings. The van der Waals surface area contributed by atoms with Crippen LogP contribution >= 0.6 is 0 Å². The fourth-order valence-corrected chi connectivity index (χ4v) is 0. The van der Waals surface area contributed by atoms with Crippen molar-refractivity contribution in [3.63, 3.8) is 0 Å². The van der Waals surface area contributed by atoms with Crippen LogP contribution in [0, 0.1) is 0 Å². The summed E-state index contributed by atoms with van der Waals surface area (Å²) < 4.78 is 0. The minimum absolute atomic E-state index is 0. The first kappa shape index (κ1) is 30.6. The van der Waals surface area contributed by atoms with Gasteiger partial charge in [-0.1, -0.05) is 6.08 Å². The van der Waals surface area contributed by atoms with Gasteiger partial charge in [0.1, 0.15) is 0 Å². The first-order chi connectivity index (χ1) is 1.41. The molecule has 0 aromatic rings. The molecule has 0 spiro atoms. The Morgan fingerprint density at radius 1 is 1.50 bits per heavy atom. The van der Waals surface area contributed by atoms with E-state index in [-0.39, 0.29) is 37.5 Å². The average molecular weight is 287 g/mol. The summed E-state index contributed by atoms with van der Waals surface area (Å²) in [5.41, 5.74) is 0. The molecule has 0 amide bonds. The zero-order chi connectivity index (χ0) is 2.71. The molecule has 0 heterocycles. The topological polar surface area (TPSA) is 31.5 Å². The summed E-state index contributed by atoms with van der Waals surface area (Å²) in [6.45, 7) is 5.25. The Bertz CT molecular complexity index is 18.3. The molecule has 0 bridgehead atoms. The van der Waals surface area contributed by atoms with Gasteiger partial charge in [0.2, 0.25) is 0 Å². The van der Waals surface area contributed by atoms with Crippen molar-refractivity contribution >= 4 is 11.0 Å². The van der Waals surface area contributed by atoms with Crippen molar-refractivity contribution in [2.75, 3.05) is 0 Å². The minimum Gasteiger partial charge on any atom is -0.412 e. The molecule has 0 aliphatic rings. The molecular weight excluding hydrogens is 275 g/mol. The molecule has 0 aliphatic carbocycles. The molecule has 0 unspecified atom stereocenters. The Hall–Kier alpha value is 0.605. The molecule has 0 saturated carbocycles. The Balaban J connectivity index is -0.00000000667. The Morgan fingerprint density at radius 3 is 1.50 bits per heavy atom. The summed E-state index contributed by atoms with van der Waals surface area (Å²) in [5.74, 6) is 0. The van der Waals surface area contributed by atoms with Crippen LogP contribution in [0.25, 0.3) is 0 Å². The third kappa shape index (κ3) is 163. The van der Waals surface area contributed by atoms with Crippen LogP contribution in [-0.2, 0) is 21.1 Å². The molecule has 0 atom stereocenters. The first-order valence-electron chi connectivity index (χ1n) is 0.986. The normalized spacial score (nSPS) is 2.17. The molecule has 44 valence electrons. The number of rotatable bonds is 0. The van der Waals surface area contributed by atoms with Crippen molar-refractivity contribution in [2.45, 2.75) is 6.92 Å². The Kier molecular flexibility index (Phi) is 235. The van der Waals surface area contributed by atoms with Crippen LogP contribution in [-0.4, -0.2) is 16.4 Å².